The predicted octanol–water partition coefficient (Wildman–Crippen LogP) is 1.71. The summed E-state index contributed by atoms with van der Waals surface area (Å²) in [6.45, 7) is 5.09. The van der Waals surface area contributed by atoms with E-state index in [1.807, 2.05) is 13.1 Å². The molecule has 1 saturated heterocycles. The standard InChI is InChI=1S/C15H20N6/c1-11-8-16-9-14(17-11)20-6-2-4-12(10-20)15-19-18-13-5-3-7-21(13)15/h8-9,12H,2-7,10H2,1H3. The molecule has 0 amide bonds. The Bertz CT molecular complexity index is 649. The minimum Gasteiger partial charge on any atom is -0.355 e. The van der Waals surface area contributed by atoms with Crippen LogP contribution in [0.5, 0.6) is 0 Å². The van der Waals surface area contributed by atoms with Crippen LogP contribution >= 0.6 is 0 Å². The van der Waals surface area contributed by atoms with Crippen molar-refractivity contribution in [3.8, 4) is 0 Å². The van der Waals surface area contributed by atoms with E-state index in [-0.39, 0.29) is 0 Å². The summed E-state index contributed by atoms with van der Waals surface area (Å²) in [5, 5.41) is 8.81. The zero-order valence-electron chi connectivity index (χ0n) is 12.4. The lowest BCUT2D eigenvalue weighted by Crippen LogP contribution is -2.36. The van der Waals surface area contributed by atoms with E-state index >= 15 is 0 Å². The van der Waals surface area contributed by atoms with Gasteiger partial charge in [-0.3, -0.25) is 4.98 Å². The first-order valence-corrected chi connectivity index (χ1v) is 7.77. The van der Waals surface area contributed by atoms with Gasteiger partial charge < -0.3 is 9.47 Å². The topological polar surface area (TPSA) is 59.7 Å². The Balaban J connectivity index is 1.58. The van der Waals surface area contributed by atoms with E-state index < -0.39 is 0 Å². The first-order chi connectivity index (χ1) is 10.3. The fourth-order valence-electron chi connectivity index (χ4n) is 3.47. The third-order valence-electron chi connectivity index (χ3n) is 4.49. The van der Waals surface area contributed by atoms with Crippen LogP contribution in [-0.2, 0) is 13.0 Å². The summed E-state index contributed by atoms with van der Waals surface area (Å²) in [7, 11) is 0. The maximum absolute atomic E-state index is 4.61. The van der Waals surface area contributed by atoms with Gasteiger partial charge in [0.05, 0.1) is 11.9 Å². The average Bonchev–Trinajstić information content (AvgIpc) is 3.10. The molecule has 0 bridgehead atoms. The van der Waals surface area contributed by atoms with Gasteiger partial charge in [0.1, 0.15) is 17.5 Å². The summed E-state index contributed by atoms with van der Waals surface area (Å²) in [6.07, 6.45) is 8.31. The molecule has 1 fully saturated rings. The molecule has 2 aromatic heterocycles. The van der Waals surface area contributed by atoms with Gasteiger partial charge in [-0.05, 0) is 26.2 Å². The summed E-state index contributed by atoms with van der Waals surface area (Å²) in [5.74, 6) is 3.78. The van der Waals surface area contributed by atoms with Gasteiger partial charge >= 0.3 is 0 Å². The summed E-state index contributed by atoms with van der Waals surface area (Å²) in [5.41, 5.74) is 0.970. The normalized spacial score (nSPS) is 21.6. The van der Waals surface area contributed by atoms with Crippen molar-refractivity contribution in [3.63, 3.8) is 0 Å². The largest absolute Gasteiger partial charge is 0.355 e. The van der Waals surface area contributed by atoms with Crippen LogP contribution in [0.3, 0.4) is 0 Å². The van der Waals surface area contributed by atoms with Crippen LogP contribution in [0.4, 0.5) is 5.82 Å². The molecule has 0 aromatic carbocycles. The Morgan fingerprint density at radius 2 is 2.10 bits per heavy atom. The van der Waals surface area contributed by atoms with E-state index in [0.29, 0.717) is 5.92 Å². The van der Waals surface area contributed by atoms with Gasteiger partial charge in [-0.25, -0.2) is 4.98 Å². The van der Waals surface area contributed by atoms with Gasteiger partial charge in [-0.2, -0.15) is 0 Å². The van der Waals surface area contributed by atoms with Crippen molar-refractivity contribution >= 4 is 5.82 Å². The maximum atomic E-state index is 4.61. The molecule has 21 heavy (non-hydrogen) atoms. The molecule has 0 radical (unpaired) electrons. The van der Waals surface area contributed by atoms with E-state index in [1.54, 1.807) is 6.20 Å². The second-order valence-electron chi connectivity index (χ2n) is 6.03. The zero-order valence-corrected chi connectivity index (χ0v) is 12.4. The highest BCUT2D eigenvalue weighted by Gasteiger charge is 2.28. The molecule has 110 valence electrons. The Hall–Kier alpha value is -1.98. The Morgan fingerprint density at radius 3 is 3.00 bits per heavy atom. The average molecular weight is 284 g/mol. The first-order valence-electron chi connectivity index (χ1n) is 7.77. The number of nitrogens with zero attached hydrogens (tertiary/aromatic N) is 6. The summed E-state index contributed by atoms with van der Waals surface area (Å²) >= 11 is 0. The van der Waals surface area contributed by atoms with Crippen LogP contribution in [0.1, 0.15) is 42.5 Å². The van der Waals surface area contributed by atoms with Gasteiger partial charge in [0.15, 0.2) is 0 Å². The van der Waals surface area contributed by atoms with Crippen molar-refractivity contribution in [2.24, 2.45) is 0 Å². The second kappa shape index (κ2) is 5.09. The Kier molecular flexibility index (Phi) is 3.09. The quantitative estimate of drug-likeness (QED) is 0.840. The molecule has 1 atom stereocenters. The molecule has 2 aliphatic heterocycles. The number of rotatable bonds is 2. The smallest absolute Gasteiger partial charge is 0.147 e. The molecule has 0 aliphatic carbocycles. The number of hydrogen-bond acceptors (Lipinski definition) is 5. The molecule has 1 unspecified atom stereocenters. The SMILES string of the molecule is Cc1cncc(N2CCCC(c3nnc4n3CCC4)C2)n1. The first kappa shape index (κ1) is 12.7. The molecule has 6 heteroatoms. The molecule has 4 heterocycles. The van der Waals surface area contributed by atoms with Gasteiger partial charge in [-0.1, -0.05) is 0 Å². The fraction of sp³-hybridized carbons (Fsp3) is 0.600. The highest BCUT2D eigenvalue weighted by molar-refractivity contribution is 5.37. The van der Waals surface area contributed by atoms with Crippen LogP contribution in [0.15, 0.2) is 12.4 Å². The molecular weight excluding hydrogens is 264 g/mol. The zero-order chi connectivity index (χ0) is 14.2. The van der Waals surface area contributed by atoms with E-state index in [2.05, 4.69) is 29.6 Å². The van der Waals surface area contributed by atoms with Gasteiger partial charge in [0, 0.05) is 38.2 Å². The lowest BCUT2D eigenvalue weighted by Gasteiger charge is -2.33. The van der Waals surface area contributed by atoms with Crippen molar-refractivity contribution < 1.29 is 0 Å². The van der Waals surface area contributed by atoms with Gasteiger partial charge in [0.25, 0.3) is 0 Å². The molecule has 0 N–H and O–H groups in total. The highest BCUT2D eigenvalue weighted by atomic mass is 15.3. The predicted molar refractivity (Wildman–Crippen MR) is 79.3 cm³/mol. The summed E-state index contributed by atoms with van der Waals surface area (Å²) < 4.78 is 2.33. The number of aromatic nitrogens is 5. The summed E-state index contributed by atoms with van der Waals surface area (Å²) in [6, 6.07) is 0. The van der Waals surface area contributed by atoms with Crippen molar-refractivity contribution in [2.75, 3.05) is 18.0 Å². The third-order valence-corrected chi connectivity index (χ3v) is 4.49. The van der Waals surface area contributed by atoms with E-state index in [9.17, 15) is 0 Å². The Morgan fingerprint density at radius 1 is 1.14 bits per heavy atom. The molecule has 2 aromatic rings. The van der Waals surface area contributed by atoms with Crippen molar-refractivity contribution in [1.29, 1.82) is 0 Å². The van der Waals surface area contributed by atoms with Crippen molar-refractivity contribution in [1.82, 2.24) is 24.7 Å². The van der Waals surface area contributed by atoms with E-state index in [0.717, 1.165) is 43.4 Å². The second-order valence-corrected chi connectivity index (χ2v) is 6.03. The minimum atomic E-state index is 0.459. The van der Waals surface area contributed by atoms with E-state index in [4.69, 9.17) is 0 Å². The number of aryl methyl sites for hydroxylation is 2. The maximum Gasteiger partial charge on any atom is 0.147 e. The highest BCUT2D eigenvalue weighted by Crippen LogP contribution is 2.30. The van der Waals surface area contributed by atoms with Gasteiger partial charge in [0.2, 0.25) is 0 Å². The van der Waals surface area contributed by atoms with Crippen LogP contribution in [-0.4, -0.2) is 37.8 Å². The monoisotopic (exact) mass is 284 g/mol. The Labute approximate surface area is 124 Å². The third kappa shape index (κ3) is 2.28. The van der Waals surface area contributed by atoms with Crippen LogP contribution in [0.2, 0.25) is 0 Å². The lowest BCUT2D eigenvalue weighted by atomic mass is 9.97. The number of piperidine rings is 1. The molecule has 6 nitrogen and oxygen atoms in total. The van der Waals surface area contributed by atoms with Gasteiger partial charge in [-0.15, -0.1) is 10.2 Å². The van der Waals surface area contributed by atoms with Crippen LogP contribution in [0.25, 0.3) is 0 Å². The van der Waals surface area contributed by atoms with Crippen molar-refractivity contribution in [2.45, 2.75) is 45.1 Å². The van der Waals surface area contributed by atoms with E-state index in [1.165, 1.54) is 25.1 Å². The van der Waals surface area contributed by atoms with Crippen LogP contribution < -0.4 is 4.90 Å². The van der Waals surface area contributed by atoms with Crippen molar-refractivity contribution in [3.05, 3.63) is 29.7 Å². The summed E-state index contributed by atoms with van der Waals surface area (Å²) in [4.78, 5) is 11.2. The molecule has 0 saturated carbocycles. The molecule has 0 spiro atoms. The lowest BCUT2D eigenvalue weighted by molar-refractivity contribution is 0.470. The minimum absolute atomic E-state index is 0.459. The number of hydrogen-bond donors (Lipinski definition) is 0. The molecule has 4 rings (SSSR count). The van der Waals surface area contributed by atoms with Crippen LogP contribution in [0, 0.1) is 6.92 Å². The fourth-order valence-corrected chi connectivity index (χ4v) is 3.47. The number of anilines is 1. The molecular formula is C15H20N6. The number of fused-ring (bicyclic) bond motifs is 1. The molecule has 2 aliphatic rings.